The van der Waals surface area contributed by atoms with E-state index in [-0.39, 0.29) is 5.78 Å². The molecule has 0 spiro atoms. The van der Waals surface area contributed by atoms with E-state index in [0.29, 0.717) is 6.42 Å². The lowest BCUT2D eigenvalue weighted by Gasteiger charge is -2.09. The number of halogens is 1. The van der Waals surface area contributed by atoms with Crippen molar-refractivity contribution in [1.82, 2.24) is 0 Å². The first-order valence-electron chi connectivity index (χ1n) is 4.39. The molecule has 0 atom stereocenters. The standard InChI is InChI=1S/C11H13BrOS/c1-8(13)6-9-4-3-5-10(7-12)11(9)14-2/h3-5H,6-7H2,1-2H3. The number of carbonyl (C=O) groups is 1. The second-order valence-electron chi connectivity index (χ2n) is 3.12. The van der Waals surface area contributed by atoms with Gasteiger partial charge in [0.1, 0.15) is 5.78 Å². The molecule has 0 aliphatic carbocycles. The zero-order valence-corrected chi connectivity index (χ0v) is 10.7. The molecule has 0 saturated heterocycles. The van der Waals surface area contributed by atoms with Crippen molar-refractivity contribution in [3.63, 3.8) is 0 Å². The number of carbonyl (C=O) groups excluding carboxylic acids is 1. The van der Waals surface area contributed by atoms with Gasteiger partial charge < -0.3 is 0 Å². The summed E-state index contributed by atoms with van der Waals surface area (Å²) < 4.78 is 0. The second-order valence-corrected chi connectivity index (χ2v) is 4.50. The van der Waals surface area contributed by atoms with E-state index in [4.69, 9.17) is 0 Å². The molecule has 1 aromatic rings. The summed E-state index contributed by atoms with van der Waals surface area (Å²) in [5, 5.41) is 0.842. The third-order valence-corrected chi connectivity index (χ3v) is 3.50. The van der Waals surface area contributed by atoms with Crippen molar-refractivity contribution >= 4 is 33.5 Å². The average molecular weight is 273 g/mol. The first kappa shape index (κ1) is 11.8. The Bertz CT molecular complexity index is 336. The Labute approximate surface area is 97.4 Å². The van der Waals surface area contributed by atoms with Gasteiger partial charge in [-0.15, -0.1) is 11.8 Å². The highest BCUT2D eigenvalue weighted by molar-refractivity contribution is 9.08. The molecular formula is C11H13BrOS. The van der Waals surface area contributed by atoms with E-state index >= 15 is 0 Å². The van der Waals surface area contributed by atoms with E-state index in [1.165, 1.54) is 10.5 Å². The molecule has 14 heavy (non-hydrogen) atoms. The van der Waals surface area contributed by atoms with Gasteiger partial charge in [-0.1, -0.05) is 34.1 Å². The molecule has 76 valence electrons. The van der Waals surface area contributed by atoms with Crippen molar-refractivity contribution < 1.29 is 4.79 Å². The van der Waals surface area contributed by atoms with Gasteiger partial charge in [0.05, 0.1) is 0 Å². The number of thioether (sulfide) groups is 1. The fraction of sp³-hybridized carbons (Fsp3) is 0.364. The molecule has 0 aliphatic rings. The summed E-state index contributed by atoms with van der Waals surface area (Å²) in [5.41, 5.74) is 2.40. The molecule has 0 N–H and O–H groups in total. The molecular weight excluding hydrogens is 260 g/mol. The minimum absolute atomic E-state index is 0.215. The molecule has 0 aromatic heterocycles. The summed E-state index contributed by atoms with van der Waals surface area (Å²) in [5.74, 6) is 0.215. The van der Waals surface area contributed by atoms with Crippen LogP contribution in [-0.4, -0.2) is 12.0 Å². The van der Waals surface area contributed by atoms with Gasteiger partial charge >= 0.3 is 0 Å². The lowest BCUT2D eigenvalue weighted by molar-refractivity contribution is -0.116. The van der Waals surface area contributed by atoms with E-state index in [2.05, 4.69) is 22.0 Å². The van der Waals surface area contributed by atoms with Crippen molar-refractivity contribution in [1.29, 1.82) is 0 Å². The molecule has 0 saturated carbocycles. The topological polar surface area (TPSA) is 17.1 Å². The number of hydrogen-bond acceptors (Lipinski definition) is 2. The van der Waals surface area contributed by atoms with Crippen LogP contribution in [0.3, 0.4) is 0 Å². The van der Waals surface area contributed by atoms with E-state index < -0.39 is 0 Å². The van der Waals surface area contributed by atoms with Crippen molar-refractivity contribution in [3.8, 4) is 0 Å². The smallest absolute Gasteiger partial charge is 0.134 e. The highest BCUT2D eigenvalue weighted by atomic mass is 79.9. The van der Waals surface area contributed by atoms with E-state index in [1.807, 2.05) is 18.4 Å². The largest absolute Gasteiger partial charge is 0.300 e. The Morgan fingerprint density at radius 1 is 1.43 bits per heavy atom. The van der Waals surface area contributed by atoms with Crippen LogP contribution in [0.25, 0.3) is 0 Å². The van der Waals surface area contributed by atoms with Gasteiger partial charge in [-0.2, -0.15) is 0 Å². The Kier molecular flexibility index (Phi) is 4.69. The van der Waals surface area contributed by atoms with Crippen LogP contribution in [-0.2, 0) is 16.5 Å². The predicted molar refractivity (Wildman–Crippen MR) is 65.2 cm³/mol. The molecule has 3 heteroatoms. The first-order valence-corrected chi connectivity index (χ1v) is 6.73. The summed E-state index contributed by atoms with van der Waals surface area (Å²) in [6.45, 7) is 1.63. The van der Waals surface area contributed by atoms with Gasteiger partial charge in [0.15, 0.2) is 0 Å². The third-order valence-electron chi connectivity index (χ3n) is 1.97. The van der Waals surface area contributed by atoms with Crippen molar-refractivity contribution in [2.24, 2.45) is 0 Å². The fourth-order valence-corrected chi connectivity index (χ4v) is 2.87. The molecule has 1 nitrogen and oxygen atoms in total. The Morgan fingerprint density at radius 2 is 2.07 bits per heavy atom. The van der Waals surface area contributed by atoms with Crippen LogP contribution in [0.1, 0.15) is 18.1 Å². The van der Waals surface area contributed by atoms with Crippen molar-refractivity contribution in [2.75, 3.05) is 6.26 Å². The maximum absolute atomic E-state index is 11.1. The maximum Gasteiger partial charge on any atom is 0.134 e. The second kappa shape index (κ2) is 5.56. The molecule has 0 bridgehead atoms. The van der Waals surface area contributed by atoms with Crippen molar-refractivity contribution in [3.05, 3.63) is 29.3 Å². The van der Waals surface area contributed by atoms with Crippen LogP contribution in [0.2, 0.25) is 0 Å². The number of Topliss-reactive ketones (excluding diaryl/α,β-unsaturated/α-hetero) is 1. The van der Waals surface area contributed by atoms with Crippen LogP contribution < -0.4 is 0 Å². The zero-order valence-electron chi connectivity index (χ0n) is 8.34. The molecule has 0 heterocycles. The minimum Gasteiger partial charge on any atom is -0.300 e. The monoisotopic (exact) mass is 272 g/mol. The van der Waals surface area contributed by atoms with Crippen LogP contribution in [0.5, 0.6) is 0 Å². The molecule has 0 amide bonds. The van der Waals surface area contributed by atoms with E-state index in [1.54, 1.807) is 18.7 Å². The Hall–Kier alpha value is -0.280. The first-order chi connectivity index (χ1) is 6.69. The van der Waals surface area contributed by atoms with Crippen LogP contribution in [0.15, 0.2) is 23.1 Å². The summed E-state index contributed by atoms with van der Waals surface area (Å²) in [6, 6.07) is 6.12. The highest BCUT2D eigenvalue weighted by Gasteiger charge is 2.07. The molecule has 1 rings (SSSR count). The molecule has 0 radical (unpaired) electrons. The summed E-state index contributed by atoms with van der Waals surface area (Å²) >= 11 is 5.16. The number of alkyl halides is 1. The summed E-state index contributed by atoms with van der Waals surface area (Å²) in [4.78, 5) is 12.3. The number of benzene rings is 1. The molecule has 0 unspecified atom stereocenters. The average Bonchev–Trinajstić information content (AvgIpc) is 2.16. The van der Waals surface area contributed by atoms with Crippen molar-refractivity contribution in [2.45, 2.75) is 23.6 Å². The van der Waals surface area contributed by atoms with Crippen LogP contribution >= 0.6 is 27.7 Å². The molecule has 0 aliphatic heterocycles. The van der Waals surface area contributed by atoms with E-state index in [9.17, 15) is 4.79 Å². The van der Waals surface area contributed by atoms with Gasteiger partial charge in [0, 0.05) is 16.6 Å². The van der Waals surface area contributed by atoms with E-state index in [0.717, 1.165) is 10.9 Å². The SMILES string of the molecule is CSc1c(CBr)cccc1CC(C)=O. The fourth-order valence-electron chi connectivity index (χ4n) is 1.41. The normalized spacial score (nSPS) is 10.2. The maximum atomic E-state index is 11.1. The highest BCUT2D eigenvalue weighted by Crippen LogP contribution is 2.27. The van der Waals surface area contributed by atoms with Gasteiger partial charge in [-0.25, -0.2) is 0 Å². The quantitative estimate of drug-likeness (QED) is 0.617. The molecule has 1 aromatic carbocycles. The minimum atomic E-state index is 0.215. The van der Waals surface area contributed by atoms with Gasteiger partial charge in [0.2, 0.25) is 0 Å². The third kappa shape index (κ3) is 2.85. The number of rotatable bonds is 4. The van der Waals surface area contributed by atoms with Gasteiger partial charge in [-0.3, -0.25) is 4.79 Å². The lowest BCUT2D eigenvalue weighted by atomic mass is 10.1. The zero-order chi connectivity index (χ0) is 10.6. The Balaban J connectivity index is 3.08. The van der Waals surface area contributed by atoms with Gasteiger partial charge in [0.25, 0.3) is 0 Å². The summed E-state index contributed by atoms with van der Waals surface area (Å²) in [6.07, 6.45) is 2.59. The predicted octanol–water partition coefficient (Wildman–Crippen LogP) is 3.43. The van der Waals surface area contributed by atoms with Crippen LogP contribution in [0.4, 0.5) is 0 Å². The number of ketones is 1. The molecule has 0 fully saturated rings. The summed E-state index contributed by atoms with van der Waals surface area (Å²) in [7, 11) is 0. The Morgan fingerprint density at radius 3 is 2.57 bits per heavy atom. The van der Waals surface area contributed by atoms with Gasteiger partial charge in [-0.05, 0) is 24.3 Å². The lowest BCUT2D eigenvalue weighted by Crippen LogP contribution is -1.99. The number of hydrogen-bond donors (Lipinski definition) is 0. The van der Waals surface area contributed by atoms with Crippen LogP contribution in [0, 0.1) is 0 Å².